The van der Waals surface area contributed by atoms with Gasteiger partial charge >= 0.3 is 0 Å². The summed E-state index contributed by atoms with van der Waals surface area (Å²) < 4.78 is 17.2. The van der Waals surface area contributed by atoms with E-state index in [2.05, 4.69) is 10.1 Å². The third kappa shape index (κ3) is 5.10. The van der Waals surface area contributed by atoms with Crippen molar-refractivity contribution >= 4 is 56.3 Å². The topological polar surface area (TPSA) is 111 Å². The summed E-state index contributed by atoms with van der Waals surface area (Å²) in [4.78, 5) is 43.8. The lowest BCUT2D eigenvalue weighted by molar-refractivity contribution is -0.121. The summed E-state index contributed by atoms with van der Waals surface area (Å²) in [5, 5.41) is 6.13. The van der Waals surface area contributed by atoms with Gasteiger partial charge in [0.1, 0.15) is 0 Å². The number of carbonyl (C=O) groups is 3. The Morgan fingerprint density at radius 1 is 0.950 bits per heavy atom. The van der Waals surface area contributed by atoms with Crippen molar-refractivity contribution in [2.75, 3.05) is 31.2 Å². The number of carbonyl (C=O) groups excluding carboxylic acids is 3. The first-order valence-corrected chi connectivity index (χ1v) is 13.2. The molecule has 10 nitrogen and oxygen atoms in total. The number of rotatable bonds is 8. The molecule has 1 aliphatic heterocycles. The zero-order valence-corrected chi connectivity index (χ0v) is 23.2. The van der Waals surface area contributed by atoms with E-state index in [0.29, 0.717) is 39.2 Å². The molecule has 0 atom stereocenters. The van der Waals surface area contributed by atoms with Crippen LogP contribution in [0.4, 0.5) is 10.8 Å². The van der Waals surface area contributed by atoms with Crippen LogP contribution in [0.15, 0.2) is 59.7 Å². The molecule has 0 radical (unpaired) electrons. The van der Waals surface area contributed by atoms with Crippen LogP contribution < -0.4 is 24.1 Å². The summed E-state index contributed by atoms with van der Waals surface area (Å²) in [6.45, 7) is 1.99. The van der Waals surface area contributed by atoms with E-state index in [1.807, 2.05) is 25.1 Å². The van der Waals surface area contributed by atoms with Crippen molar-refractivity contribution in [2.24, 2.45) is 5.10 Å². The molecular formula is C29H26N4O6S. The summed E-state index contributed by atoms with van der Waals surface area (Å²) in [6, 6.07) is 15.6. The molecule has 0 saturated carbocycles. The Hall–Kier alpha value is -4.77. The van der Waals surface area contributed by atoms with Gasteiger partial charge in [0, 0.05) is 24.0 Å². The molecule has 2 heterocycles. The lowest BCUT2D eigenvalue weighted by atomic mass is 10.2. The average Bonchev–Trinajstić information content (AvgIpc) is 3.53. The van der Waals surface area contributed by atoms with E-state index in [-0.39, 0.29) is 24.7 Å². The SMILES string of the molecule is COc1cc(/C=N/N(C(=O)c2ccc(N3C(=O)CCC3=O)cc2)c2nc3ccc(C)cc3s2)cc(OC)c1OC. The third-order valence-electron chi connectivity index (χ3n) is 6.34. The van der Waals surface area contributed by atoms with E-state index in [1.165, 1.54) is 43.9 Å². The fraction of sp³-hybridized carbons (Fsp3) is 0.207. The summed E-state index contributed by atoms with van der Waals surface area (Å²) in [5.41, 5.74) is 3.15. The van der Waals surface area contributed by atoms with Gasteiger partial charge in [0.15, 0.2) is 11.5 Å². The van der Waals surface area contributed by atoms with Gasteiger partial charge in [-0.1, -0.05) is 17.4 Å². The molecule has 3 aromatic carbocycles. The van der Waals surface area contributed by atoms with Crippen LogP contribution >= 0.6 is 11.3 Å². The van der Waals surface area contributed by atoms with Crippen LogP contribution in [0.25, 0.3) is 10.2 Å². The Balaban J connectivity index is 1.53. The molecule has 1 aromatic heterocycles. The van der Waals surface area contributed by atoms with E-state index >= 15 is 0 Å². The molecule has 0 unspecified atom stereocenters. The van der Waals surface area contributed by atoms with Gasteiger partial charge in [-0.3, -0.25) is 19.3 Å². The lowest BCUT2D eigenvalue weighted by Gasteiger charge is -2.17. The van der Waals surface area contributed by atoms with Crippen LogP contribution in [0.1, 0.15) is 34.3 Å². The van der Waals surface area contributed by atoms with Crippen LogP contribution in [-0.4, -0.2) is 50.2 Å². The summed E-state index contributed by atoms with van der Waals surface area (Å²) in [6.07, 6.45) is 1.87. The number of benzene rings is 3. The van der Waals surface area contributed by atoms with Gasteiger partial charge in [-0.2, -0.15) is 10.1 Å². The number of amides is 3. The maximum atomic E-state index is 13.8. The quantitative estimate of drug-likeness (QED) is 0.171. The van der Waals surface area contributed by atoms with Gasteiger partial charge in [-0.25, -0.2) is 4.98 Å². The van der Waals surface area contributed by atoms with Crippen molar-refractivity contribution in [3.05, 3.63) is 71.3 Å². The summed E-state index contributed by atoms with van der Waals surface area (Å²) >= 11 is 1.34. The largest absolute Gasteiger partial charge is 0.493 e. The van der Waals surface area contributed by atoms with Gasteiger partial charge < -0.3 is 14.2 Å². The molecule has 204 valence electrons. The second-order valence-electron chi connectivity index (χ2n) is 8.96. The number of fused-ring (bicyclic) bond motifs is 1. The van der Waals surface area contributed by atoms with Crippen LogP contribution in [0.2, 0.25) is 0 Å². The Kier molecular flexibility index (Phi) is 7.47. The van der Waals surface area contributed by atoms with Crippen molar-refractivity contribution in [2.45, 2.75) is 19.8 Å². The van der Waals surface area contributed by atoms with Crippen LogP contribution in [0, 0.1) is 6.92 Å². The fourth-order valence-corrected chi connectivity index (χ4v) is 5.36. The van der Waals surface area contributed by atoms with Gasteiger partial charge in [-0.15, -0.1) is 0 Å². The number of hydrogen-bond acceptors (Lipinski definition) is 9. The molecule has 40 heavy (non-hydrogen) atoms. The number of ether oxygens (including phenoxy) is 3. The number of thiazole rings is 1. The standard InChI is InChI=1S/C29H26N4O6S/c1-17-5-10-21-24(13-17)40-29(31-21)33(30-16-18-14-22(37-2)27(39-4)23(15-18)38-3)28(36)19-6-8-20(9-7-19)32-25(34)11-12-26(32)35/h5-10,13-16H,11-12H2,1-4H3/b30-16+. The number of nitrogens with zero attached hydrogens (tertiary/aromatic N) is 4. The number of hydrazone groups is 1. The lowest BCUT2D eigenvalue weighted by Crippen LogP contribution is -2.29. The maximum absolute atomic E-state index is 13.8. The fourth-order valence-electron chi connectivity index (χ4n) is 4.34. The Bertz CT molecular complexity index is 1610. The predicted octanol–water partition coefficient (Wildman–Crippen LogP) is 4.96. The van der Waals surface area contributed by atoms with E-state index in [0.717, 1.165) is 20.7 Å². The Labute approximate surface area is 234 Å². The molecule has 11 heteroatoms. The number of aryl methyl sites for hydroxylation is 1. The summed E-state index contributed by atoms with van der Waals surface area (Å²) in [5.74, 6) is 0.365. The van der Waals surface area contributed by atoms with Gasteiger partial charge in [0.05, 0.1) is 43.4 Å². The summed E-state index contributed by atoms with van der Waals surface area (Å²) in [7, 11) is 4.55. The van der Waals surface area contributed by atoms with Crippen molar-refractivity contribution in [3.63, 3.8) is 0 Å². The van der Waals surface area contributed by atoms with Crippen molar-refractivity contribution in [3.8, 4) is 17.2 Å². The van der Waals surface area contributed by atoms with Crippen molar-refractivity contribution in [1.82, 2.24) is 4.98 Å². The molecule has 1 aliphatic rings. The number of imide groups is 1. The molecule has 0 aliphatic carbocycles. The molecule has 4 aromatic rings. The zero-order chi connectivity index (χ0) is 28.4. The van der Waals surface area contributed by atoms with E-state index in [4.69, 9.17) is 14.2 Å². The van der Waals surface area contributed by atoms with Gasteiger partial charge in [0.25, 0.3) is 5.91 Å². The number of hydrogen-bond donors (Lipinski definition) is 0. The van der Waals surface area contributed by atoms with Crippen LogP contribution in [-0.2, 0) is 9.59 Å². The highest BCUT2D eigenvalue weighted by molar-refractivity contribution is 7.22. The molecule has 0 spiro atoms. The van der Waals surface area contributed by atoms with Crippen LogP contribution in [0.5, 0.6) is 17.2 Å². The molecule has 1 fully saturated rings. The smallest absolute Gasteiger partial charge is 0.280 e. The number of methoxy groups -OCH3 is 3. The molecule has 0 bridgehead atoms. The second kappa shape index (κ2) is 11.1. The molecule has 0 N–H and O–H groups in total. The zero-order valence-electron chi connectivity index (χ0n) is 22.3. The van der Waals surface area contributed by atoms with E-state index in [9.17, 15) is 14.4 Å². The number of anilines is 2. The predicted molar refractivity (Wildman–Crippen MR) is 153 cm³/mol. The first-order chi connectivity index (χ1) is 19.3. The monoisotopic (exact) mass is 558 g/mol. The van der Waals surface area contributed by atoms with E-state index < -0.39 is 5.91 Å². The van der Waals surface area contributed by atoms with E-state index in [1.54, 1.807) is 36.4 Å². The molecule has 1 saturated heterocycles. The first kappa shape index (κ1) is 26.8. The minimum atomic E-state index is -0.440. The molecule has 5 rings (SSSR count). The normalized spacial score (nSPS) is 13.3. The Morgan fingerprint density at radius 3 is 2.20 bits per heavy atom. The highest BCUT2D eigenvalue weighted by Crippen LogP contribution is 2.38. The maximum Gasteiger partial charge on any atom is 0.280 e. The van der Waals surface area contributed by atoms with Gasteiger partial charge in [-0.05, 0) is 61.0 Å². The number of aromatic nitrogens is 1. The molecular weight excluding hydrogens is 532 g/mol. The first-order valence-electron chi connectivity index (χ1n) is 12.3. The minimum Gasteiger partial charge on any atom is -0.493 e. The second-order valence-corrected chi connectivity index (χ2v) is 9.97. The highest BCUT2D eigenvalue weighted by atomic mass is 32.1. The van der Waals surface area contributed by atoms with Crippen molar-refractivity contribution < 1.29 is 28.6 Å². The highest BCUT2D eigenvalue weighted by Gasteiger charge is 2.30. The van der Waals surface area contributed by atoms with Crippen LogP contribution in [0.3, 0.4) is 0 Å². The molecule has 3 amide bonds. The Morgan fingerprint density at radius 2 is 1.60 bits per heavy atom. The minimum absolute atomic E-state index is 0.181. The third-order valence-corrected chi connectivity index (χ3v) is 7.33. The van der Waals surface area contributed by atoms with Gasteiger partial charge in [0.2, 0.25) is 22.7 Å². The van der Waals surface area contributed by atoms with Crippen molar-refractivity contribution in [1.29, 1.82) is 0 Å². The average molecular weight is 559 g/mol.